The number of amides is 2. The van der Waals surface area contributed by atoms with E-state index in [9.17, 15) is 9.59 Å². The number of nitrogens with zero attached hydrogens (tertiary/aromatic N) is 1. The third kappa shape index (κ3) is 5.05. The van der Waals surface area contributed by atoms with Gasteiger partial charge in [-0.15, -0.1) is 0 Å². The van der Waals surface area contributed by atoms with Crippen LogP contribution in [-0.2, 0) is 20.8 Å². The number of methoxy groups -OCH3 is 1. The lowest BCUT2D eigenvalue weighted by Gasteiger charge is -2.35. The molecule has 0 saturated carbocycles. The summed E-state index contributed by atoms with van der Waals surface area (Å²) in [6.45, 7) is 2.59. The molecule has 1 heterocycles. The number of halogens is 1. The molecule has 0 bridgehead atoms. The fraction of sp³-hybridized carbons (Fsp3) is 0.273. The summed E-state index contributed by atoms with van der Waals surface area (Å²) in [5.74, 6) is -0.467. The van der Waals surface area contributed by atoms with E-state index in [0.717, 1.165) is 15.6 Å². The summed E-state index contributed by atoms with van der Waals surface area (Å²) in [5.41, 5.74) is 2.77. The zero-order valence-corrected chi connectivity index (χ0v) is 17.9. The Morgan fingerprint density at radius 2 is 1.79 bits per heavy atom. The van der Waals surface area contributed by atoms with Gasteiger partial charge < -0.3 is 14.8 Å². The van der Waals surface area contributed by atoms with Gasteiger partial charge in [-0.2, -0.15) is 0 Å². The van der Waals surface area contributed by atoms with Gasteiger partial charge in [0.1, 0.15) is 6.61 Å². The number of carbonyl (C=O) groups excluding carboxylic acids is 2. The van der Waals surface area contributed by atoms with Gasteiger partial charge in [0, 0.05) is 17.3 Å². The number of rotatable bonds is 7. The van der Waals surface area contributed by atoms with Gasteiger partial charge in [0.15, 0.2) is 0 Å². The maximum Gasteiger partial charge on any atom is 0.338 e. The average molecular weight is 459 g/mol. The number of nitrogens with one attached hydrogen (secondary N) is 1. The summed E-state index contributed by atoms with van der Waals surface area (Å²) in [6, 6.07) is 16.3. The molecule has 7 heteroatoms. The molecular formula is C22H23BrN2O4. The standard InChI is InChI=1S/C22H23BrN2O4/c1-15-19(21(26)29-13-12-28-2)20(17-8-10-18(23)11-9-17)24-22(27)25(15)14-16-6-4-3-5-7-16/h3-11,20H,12-14H2,1-2H3,(H,24,27). The highest BCUT2D eigenvalue weighted by atomic mass is 79.9. The van der Waals surface area contributed by atoms with Crippen LogP contribution >= 0.6 is 15.9 Å². The number of hydrogen-bond acceptors (Lipinski definition) is 4. The van der Waals surface area contributed by atoms with Crippen LogP contribution in [0.2, 0.25) is 0 Å². The summed E-state index contributed by atoms with van der Waals surface area (Å²) in [6.07, 6.45) is 0. The molecule has 0 saturated heterocycles. The molecule has 1 aliphatic rings. The number of ether oxygens (including phenoxy) is 2. The van der Waals surface area contributed by atoms with E-state index in [1.54, 1.807) is 18.9 Å². The molecule has 6 nitrogen and oxygen atoms in total. The fourth-order valence-electron chi connectivity index (χ4n) is 3.20. The smallest absolute Gasteiger partial charge is 0.338 e. The second kappa shape index (κ2) is 9.71. The number of carbonyl (C=O) groups is 2. The van der Waals surface area contributed by atoms with Gasteiger partial charge in [0.25, 0.3) is 0 Å². The first kappa shape index (κ1) is 21.1. The minimum atomic E-state index is -0.585. The fourth-order valence-corrected chi connectivity index (χ4v) is 3.47. The monoisotopic (exact) mass is 458 g/mol. The lowest BCUT2D eigenvalue weighted by atomic mass is 9.94. The van der Waals surface area contributed by atoms with Crippen LogP contribution in [0.5, 0.6) is 0 Å². The Kier molecular flexibility index (Phi) is 7.06. The van der Waals surface area contributed by atoms with Crippen LogP contribution in [0.1, 0.15) is 24.1 Å². The van der Waals surface area contributed by atoms with Crippen molar-refractivity contribution in [1.82, 2.24) is 10.2 Å². The van der Waals surface area contributed by atoms with E-state index < -0.39 is 12.0 Å². The molecule has 152 valence electrons. The summed E-state index contributed by atoms with van der Waals surface area (Å²) in [4.78, 5) is 27.4. The Balaban J connectivity index is 1.97. The number of urea groups is 1. The lowest BCUT2D eigenvalue weighted by molar-refractivity contribution is -0.140. The van der Waals surface area contributed by atoms with Crippen LogP contribution in [0.25, 0.3) is 0 Å². The van der Waals surface area contributed by atoms with E-state index in [2.05, 4.69) is 21.2 Å². The van der Waals surface area contributed by atoms with Crippen molar-refractivity contribution >= 4 is 27.9 Å². The Morgan fingerprint density at radius 1 is 1.10 bits per heavy atom. The number of hydrogen-bond donors (Lipinski definition) is 1. The van der Waals surface area contributed by atoms with Gasteiger partial charge in [-0.05, 0) is 30.2 Å². The Morgan fingerprint density at radius 3 is 2.45 bits per heavy atom. The molecule has 3 rings (SSSR count). The second-order valence-corrected chi connectivity index (χ2v) is 7.55. The first-order valence-electron chi connectivity index (χ1n) is 9.25. The van der Waals surface area contributed by atoms with Crippen LogP contribution in [-0.4, -0.2) is 37.2 Å². The predicted octanol–water partition coefficient (Wildman–Crippen LogP) is 4.18. The maximum atomic E-state index is 12.9. The van der Waals surface area contributed by atoms with Crippen molar-refractivity contribution in [2.24, 2.45) is 0 Å². The van der Waals surface area contributed by atoms with Crippen molar-refractivity contribution in [1.29, 1.82) is 0 Å². The second-order valence-electron chi connectivity index (χ2n) is 6.63. The molecule has 2 aromatic rings. The average Bonchev–Trinajstić information content (AvgIpc) is 2.72. The predicted molar refractivity (Wildman–Crippen MR) is 113 cm³/mol. The number of allylic oxidation sites excluding steroid dienone is 1. The summed E-state index contributed by atoms with van der Waals surface area (Å²) >= 11 is 3.41. The van der Waals surface area contributed by atoms with Crippen molar-refractivity contribution in [2.45, 2.75) is 19.5 Å². The molecule has 1 N–H and O–H groups in total. The minimum Gasteiger partial charge on any atom is -0.460 e. The number of benzene rings is 2. The highest BCUT2D eigenvalue weighted by molar-refractivity contribution is 9.10. The van der Waals surface area contributed by atoms with E-state index >= 15 is 0 Å². The zero-order valence-electron chi connectivity index (χ0n) is 16.4. The molecule has 1 atom stereocenters. The molecule has 1 unspecified atom stereocenters. The van der Waals surface area contributed by atoms with Crippen molar-refractivity contribution in [3.05, 3.63) is 81.5 Å². The normalized spacial score (nSPS) is 16.6. The molecule has 0 fully saturated rings. The first-order chi connectivity index (χ1) is 14.0. The van der Waals surface area contributed by atoms with Crippen molar-refractivity contribution in [2.75, 3.05) is 20.3 Å². The molecule has 0 spiro atoms. The van der Waals surface area contributed by atoms with Gasteiger partial charge in [0.05, 0.1) is 24.8 Å². The zero-order chi connectivity index (χ0) is 20.8. The van der Waals surface area contributed by atoms with E-state index in [-0.39, 0.29) is 12.6 Å². The Labute approximate surface area is 178 Å². The summed E-state index contributed by atoms with van der Waals surface area (Å²) in [7, 11) is 1.55. The lowest BCUT2D eigenvalue weighted by Crippen LogP contribution is -2.47. The quantitative estimate of drug-likeness (QED) is 0.499. The molecule has 0 aromatic heterocycles. The molecule has 29 heavy (non-hydrogen) atoms. The van der Waals surface area contributed by atoms with Crippen molar-refractivity contribution in [3.63, 3.8) is 0 Å². The maximum absolute atomic E-state index is 12.9. The molecule has 2 aromatic carbocycles. The van der Waals surface area contributed by atoms with Gasteiger partial charge in [-0.25, -0.2) is 9.59 Å². The largest absolute Gasteiger partial charge is 0.460 e. The molecule has 1 aliphatic heterocycles. The van der Waals surface area contributed by atoms with Gasteiger partial charge in [-0.3, -0.25) is 4.90 Å². The van der Waals surface area contributed by atoms with Crippen LogP contribution in [0, 0.1) is 0 Å². The third-order valence-corrected chi connectivity index (χ3v) is 5.25. The van der Waals surface area contributed by atoms with Crippen molar-refractivity contribution < 1.29 is 19.1 Å². The van der Waals surface area contributed by atoms with E-state index in [1.807, 2.05) is 54.6 Å². The molecular weight excluding hydrogens is 436 g/mol. The summed E-state index contributed by atoms with van der Waals surface area (Å²) in [5, 5.41) is 2.96. The topological polar surface area (TPSA) is 67.9 Å². The Hall–Kier alpha value is -2.64. The van der Waals surface area contributed by atoms with Gasteiger partial charge in [0.2, 0.25) is 0 Å². The van der Waals surface area contributed by atoms with Gasteiger partial charge >= 0.3 is 12.0 Å². The molecule has 0 aliphatic carbocycles. The molecule has 0 radical (unpaired) electrons. The highest BCUT2D eigenvalue weighted by Gasteiger charge is 2.36. The van der Waals surface area contributed by atoms with Gasteiger partial charge in [-0.1, -0.05) is 58.4 Å². The van der Waals surface area contributed by atoms with E-state index in [0.29, 0.717) is 24.4 Å². The summed E-state index contributed by atoms with van der Waals surface area (Å²) < 4.78 is 11.3. The van der Waals surface area contributed by atoms with Crippen LogP contribution in [0.4, 0.5) is 4.79 Å². The Bertz CT molecular complexity index is 897. The first-order valence-corrected chi connectivity index (χ1v) is 10.0. The third-order valence-electron chi connectivity index (χ3n) is 4.72. The van der Waals surface area contributed by atoms with Crippen LogP contribution < -0.4 is 5.32 Å². The molecule has 2 amide bonds. The van der Waals surface area contributed by atoms with E-state index in [1.165, 1.54) is 0 Å². The minimum absolute atomic E-state index is 0.145. The SMILES string of the molecule is COCCOC(=O)C1=C(C)N(Cc2ccccc2)C(=O)NC1c1ccc(Br)cc1. The van der Waals surface area contributed by atoms with Crippen LogP contribution in [0.15, 0.2) is 70.3 Å². The highest BCUT2D eigenvalue weighted by Crippen LogP contribution is 2.32. The van der Waals surface area contributed by atoms with Crippen LogP contribution in [0.3, 0.4) is 0 Å². The van der Waals surface area contributed by atoms with Crippen molar-refractivity contribution in [3.8, 4) is 0 Å². The van der Waals surface area contributed by atoms with E-state index in [4.69, 9.17) is 9.47 Å². The number of esters is 1.